The number of carbonyl (C=O) groups is 3. The number of methoxy groups -OCH3 is 3. The maximum absolute atomic E-state index is 13.5. The maximum Gasteiger partial charge on any atom is 0.272 e. The van der Waals surface area contributed by atoms with Gasteiger partial charge in [-0.2, -0.15) is 0 Å². The maximum atomic E-state index is 13.5. The molecule has 0 fully saturated rings. The van der Waals surface area contributed by atoms with E-state index < -0.39 is 11.8 Å². The van der Waals surface area contributed by atoms with Crippen molar-refractivity contribution in [2.45, 2.75) is 4.90 Å². The van der Waals surface area contributed by atoms with Crippen LogP contribution in [0.15, 0.2) is 102 Å². The van der Waals surface area contributed by atoms with E-state index in [0.717, 1.165) is 4.90 Å². The van der Waals surface area contributed by atoms with E-state index in [9.17, 15) is 14.4 Å². The summed E-state index contributed by atoms with van der Waals surface area (Å²) in [6, 6.07) is 25.8. The van der Waals surface area contributed by atoms with Crippen molar-refractivity contribution in [2.24, 2.45) is 0 Å². The van der Waals surface area contributed by atoms with Crippen molar-refractivity contribution in [3.8, 4) is 17.2 Å². The second-order valence-corrected chi connectivity index (χ2v) is 10.6. The Labute approximate surface area is 264 Å². The van der Waals surface area contributed by atoms with Gasteiger partial charge in [0.2, 0.25) is 5.91 Å². The number of para-hydroxylation sites is 1. The first-order valence-electron chi connectivity index (χ1n) is 13.3. The molecule has 0 aliphatic carbocycles. The van der Waals surface area contributed by atoms with Crippen LogP contribution in [0.4, 0.5) is 11.4 Å². The normalized spacial score (nSPS) is 10.9. The van der Waals surface area contributed by atoms with E-state index in [1.807, 2.05) is 0 Å². The molecule has 0 aromatic heterocycles. The zero-order valence-corrected chi connectivity index (χ0v) is 25.8. The van der Waals surface area contributed by atoms with Crippen LogP contribution in [0.25, 0.3) is 6.08 Å². The molecule has 0 heterocycles. The van der Waals surface area contributed by atoms with Crippen LogP contribution in [0.3, 0.4) is 0 Å². The third-order valence-electron chi connectivity index (χ3n) is 6.19. The van der Waals surface area contributed by atoms with Crippen molar-refractivity contribution in [3.05, 3.63) is 113 Å². The number of rotatable bonds is 12. The summed E-state index contributed by atoms with van der Waals surface area (Å²) in [5, 5.41) is 8.78. The van der Waals surface area contributed by atoms with Crippen LogP contribution >= 0.6 is 23.4 Å². The van der Waals surface area contributed by atoms with Gasteiger partial charge in [-0.1, -0.05) is 41.9 Å². The summed E-state index contributed by atoms with van der Waals surface area (Å²) in [4.78, 5) is 39.7. The highest BCUT2D eigenvalue weighted by Gasteiger charge is 2.18. The van der Waals surface area contributed by atoms with Crippen molar-refractivity contribution >= 4 is 58.5 Å². The van der Waals surface area contributed by atoms with Crippen LogP contribution < -0.4 is 30.2 Å². The van der Waals surface area contributed by atoms with Gasteiger partial charge in [0.25, 0.3) is 11.8 Å². The van der Waals surface area contributed by atoms with Crippen molar-refractivity contribution in [2.75, 3.05) is 37.7 Å². The molecule has 11 heteroatoms. The Morgan fingerprint density at radius 2 is 1.41 bits per heavy atom. The van der Waals surface area contributed by atoms with Gasteiger partial charge in [-0.25, -0.2) is 0 Å². The summed E-state index contributed by atoms with van der Waals surface area (Å²) in [5.41, 5.74) is 1.86. The van der Waals surface area contributed by atoms with Crippen LogP contribution in [0.1, 0.15) is 15.9 Å². The molecule has 3 amide bonds. The molecule has 226 valence electrons. The topological polar surface area (TPSA) is 115 Å². The summed E-state index contributed by atoms with van der Waals surface area (Å²) in [5.74, 6) is 0.209. The molecule has 9 nitrogen and oxygen atoms in total. The second-order valence-electron chi connectivity index (χ2n) is 9.12. The lowest BCUT2D eigenvalue weighted by molar-refractivity contribution is -0.114. The Balaban J connectivity index is 1.51. The van der Waals surface area contributed by atoms with Gasteiger partial charge >= 0.3 is 0 Å². The van der Waals surface area contributed by atoms with E-state index in [1.54, 1.807) is 91.0 Å². The van der Waals surface area contributed by atoms with Crippen molar-refractivity contribution in [1.82, 2.24) is 5.32 Å². The SMILES string of the molecule is COc1cc(OC)c(OC)cc1/C=C(\NC(=O)c1ccccc1)C(=O)Nc1ccc(SCC(=O)Nc2ccccc2Cl)cc1. The van der Waals surface area contributed by atoms with Crippen LogP contribution in [0, 0.1) is 0 Å². The molecule has 3 N–H and O–H groups in total. The average molecular weight is 632 g/mol. The van der Waals surface area contributed by atoms with Crippen LogP contribution in [-0.4, -0.2) is 44.8 Å². The average Bonchev–Trinajstić information content (AvgIpc) is 3.05. The second kappa shape index (κ2) is 15.5. The molecule has 0 saturated carbocycles. The van der Waals surface area contributed by atoms with Crippen molar-refractivity contribution in [1.29, 1.82) is 0 Å². The van der Waals surface area contributed by atoms with Gasteiger partial charge in [-0.3, -0.25) is 14.4 Å². The Kier molecular flexibility index (Phi) is 11.3. The standard InChI is InChI=1S/C33H30ClN3O6S/c1-41-28-19-30(43-3)29(42-2)18-22(28)17-27(37-32(39)21-9-5-4-6-10-21)33(40)35-23-13-15-24(16-14-23)44-20-31(38)36-26-12-8-7-11-25(26)34/h4-19H,20H2,1-3H3,(H,35,40)(H,36,38)(H,37,39)/b27-17-. The van der Waals surface area contributed by atoms with E-state index in [0.29, 0.717) is 44.8 Å². The highest BCUT2D eigenvalue weighted by Crippen LogP contribution is 2.35. The number of benzene rings is 4. The Morgan fingerprint density at radius 3 is 2.07 bits per heavy atom. The molecule has 0 radical (unpaired) electrons. The first kappa shape index (κ1) is 32.0. The van der Waals surface area contributed by atoms with Crippen LogP contribution in [-0.2, 0) is 9.59 Å². The zero-order chi connectivity index (χ0) is 31.5. The summed E-state index contributed by atoms with van der Waals surface area (Å²) in [7, 11) is 4.49. The minimum atomic E-state index is -0.564. The summed E-state index contributed by atoms with van der Waals surface area (Å²) < 4.78 is 16.3. The number of halogens is 1. The Morgan fingerprint density at radius 1 is 0.773 bits per heavy atom. The number of hydrogen-bond acceptors (Lipinski definition) is 7. The predicted molar refractivity (Wildman–Crippen MR) is 174 cm³/mol. The monoisotopic (exact) mass is 631 g/mol. The summed E-state index contributed by atoms with van der Waals surface area (Å²) >= 11 is 7.45. The third-order valence-corrected chi connectivity index (χ3v) is 7.54. The van der Waals surface area contributed by atoms with Gasteiger partial charge in [0.05, 0.1) is 37.8 Å². The van der Waals surface area contributed by atoms with E-state index in [1.165, 1.54) is 39.2 Å². The number of anilines is 2. The Hall–Kier alpha value is -4.93. The highest BCUT2D eigenvalue weighted by molar-refractivity contribution is 8.00. The quantitative estimate of drug-likeness (QED) is 0.121. The molecule has 0 unspecified atom stereocenters. The van der Waals surface area contributed by atoms with Gasteiger partial charge in [-0.05, 0) is 60.7 Å². The first-order chi connectivity index (χ1) is 21.3. The fourth-order valence-corrected chi connectivity index (χ4v) is 4.88. The minimum absolute atomic E-state index is 0.0286. The number of nitrogens with one attached hydrogen (secondary N) is 3. The molecule has 44 heavy (non-hydrogen) atoms. The number of ether oxygens (including phenoxy) is 3. The molecule has 0 aliphatic heterocycles. The highest BCUT2D eigenvalue weighted by atomic mass is 35.5. The molecule has 4 rings (SSSR count). The molecule has 0 bridgehead atoms. The Bertz CT molecular complexity index is 1660. The molecule has 0 saturated heterocycles. The largest absolute Gasteiger partial charge is 0.496 e. The predicted octanol–water partition coefficient (Wildman–Crippen LogP) is 6.51. The summed E-state index contributed by atoms with van der Waals surface area (Å²) in [6.45, 7) is 0. The van der Waals surface area contributed by atoms with E-state index in [4.69, 9.17) is 25.8 Å². The molecule has 4 aromatic carbocycles. The lowest BCUT2D eigenvalue weighted by Crippen LogP contribution is -2.30. The molecule has 0 aliphatic rings. The van der Waals surface area contributed by atoms with Gasteiger partial charge in [-0.15, -0.1) is 11.8 Å². The van der Waals surface area contributed by atoms with E-state index in [-0.39, 0.29) is 17.4 Å². The molecular formula is C33H30ClN3O6S. The fraction of sp³-hybridized carbons (Fsp3) is 0.121. The third kappa shape index (κ3) is 8.56. The van der Waals surface area contributed by atoms with Crippen LogP contribution in [0.2, 0.25) is 5.02 Å². The van der Waals surface area contributed by atoms with Gasteiger partial charge < -0.3 is 30.2 Å². The number of hydrogen-bond donors (Lipinski definition) is 3. The molecular weight excluding hydrogens is 602 g/mol. The molecule has 4 aromatic rings. The summed E-state index contributed by atoms with van der Waals surface area (Å²) in [6.07, 6.45) is 1.50. The van der Waals surface area contributed by atoms with Gasteiger partial charge in [0.1, 0.15) is 11.4 Å². The smallest absolute Gasteiger partial charge is 0.272 e. The lowest BCUT2D eigenvalue weighted by atomic mass is 10.1. The molecule has 0 atom stereocenters. The van der Waals surface area contributed by atoms with E-state index in [2.05, 4.69) is 16.0 Å². The minimum Gasteiger partial charge on any atom is -0.496 e. The fourth-order valence-electron chi connectivity index (χ4n) is 3.99. The number of amides is 3. The van der Waals surface area contributed by atoms with Crippen LogP contribution in [0.5, 0.6) is 17.2 Å². The van der Waals surface area contributed by atoms with Gasteiger partial charge in [0, 0.05) is 27.8 Å². The van der Waals surface area contributed by atoms with Crippen molar-refractivity contribution < 1.29 is 28.6 Å². The first-order valence-corrected chi connectivity index (χ1v) is 14.6. The number of thioether (sulfide) groups is 1. The number of carbonyl (C=O) groups excluding carboxylic acids is 3. The molecule has 0 spiro atoms. The van der Waals surface area contributed by atoms with Gasteiger partial charge in [0.15, 0.2) is 11.5 Å². The van der Waals surface area contributed by atoms with E-state index >= 15 is 0 Å². The van der Waals surface area contributed by atoms with Crippen molar-refractivity contribution in [3.63, 3.8) is 0 Å². The lowest BCUT2D eigenvalue weighted by Gasteiger charge is -2.15. The zero-order valence-electron chi connectivity index (χ0n) is 24.2.